The zero-order valence-electron chi connectivity index (χ0n) is 15.0. The van der Waals surface area contributed by atoms with Crippen molar-refractivity contribution in [2.45, 2.75) is 77.7 Å². The molecule has 1 spiro atoms. The number of hydrogen-bond acceptors (Lipinski definition) is 2. The van der Waals surface area contributed by atoms with Gasteiger partial charge in [0.05, 0.1) is 5.69 Å². The Labute approximate surface area is 139 Å². The molecule has 0 atom stereocenters. The maximum absolute atomic E-state index is 13.0. The van der Waals surface area contributed by atoms with E-state index in [1.54, 1.807) is 0 Å². The van der Waals surface area contributed by atoms with Crippen LogP contribution in [0.1, 0.15) is 69.6 Å². The smallest absolute Gasteiger partial charge is 0.267 e. The van der Waals surface area contributed by atoms with E-state index in [-0.39, 0.29) is 16.9 Å². The van der Waals surface area contributed by atoms with Gasteiger partial charge in [-0.3, -0.25) is 4.79 Å². The van der Waals surface area contributed by atoms with E-state index in [9.17, 15) is 4.79 Å². The second-order valence-corrected chi connectivity index (χ2v) is 8.28. The monoisotopic (exact) mass is 312 g/mol. The van der Waals surface area contributed by atoms with Crippen LogP contribution in [-0.4, -0.2) is 17.2 Å². The minimum atomic E-state index is -0.241. The van der Waals surface area contributed by atoms with Crippen LogP contribution in [0.5, 0.6) is 0 Å². The van der Waals surface area contributed by atoms with Gasteiger partial charge in [0, 0.05) is 11.0 Å². The van der Waals surface area contributed by atoms with Gasteiger partial charge >= 0.3 is 0 Å². The number of carbonyl (C=O) groups is 1. The maximum Gasteiger partial charge on any atom is 0.267 e. The first-order chi connectivity index (χ1) is 10.7. The second kappa shape index (κ2) is 5.47. The van der Waals surface area contributed by atoms with E-state index in [0.717, 1.165) is 24.2 Å². The summed E-state index contributed by atoms with van der Waals surface area (Å²) < 4.78 is 0. The summed E-state index contributed by atoms with van der Waals surface area (Å²) in [6.45, 7) is 10.3. The number of benzene rings is 1. The topological polar surface area (TPSA) is 41.5 Å². The molecule has 1 fully saturated rings. The quantitative estimate of drug-likeness (QED) is 0.814. The Balaban J connectivity index is 2.10. The number of nitrogens with one attached hydrogen (secondary N) is 1. The lowest BCUT2D eigenvalue weighted by Crippen LogP contribution is -2.50. The highest BCUT2D eigenvalue weighted by molar-refractivity contribution is 6.44. The standard InChI is InChI=1S/C20H28N2O/c1-13-11-14(2)16-15(12-13)21-17(18(23)22-19(3,4)5)20(16)9-7-6-8-10-20/h11-12H,6-10H2,1-5H3,(H,22,23). The van der Waals surface area contributed by atoms with Gasteiger partial charge in [-0.25, -0.2) is 4.99 Å². The fraction of sp³-hybridized carbons (Fsp3) is 0.600. The molecule has 0 bridgehead atoms. The molecule has 1 aromatic carbocycles. The van der Waals surface area contributed by atoms with Crippen LogP contribution < -0.4 is 5.32 Å². The fourth-order valence-corrected chi connectivity index (χ4v) is 4.31. The zero-order valence-corrected chi connectivity index (χ0v) is 15.0. The highest BCUT2D eigenvalue weighted by atomic mass is 16.2. The van der Waals surface area contributed by atoms with Gasteiger partial charge in [0.15, 0.2) is 0 Å². The van der Waals surface area contributed by atoms with Crippen molar-refractivity contribution in [3.63, 3.8) is 0 Å². The van der Waals surface area contributed by atoms with Crippen molar-refractivity contribution in [2.75, 3.05) is 0 Å². The van der Waals surface area contributed by atoms with Gasteiger partial charge in [-0.15, -0.1) is 0 Å². The average Bonchev–Trinajstić information content (AvgIpc) is 2.72. The number of carbonyl (C=O) groups excluding carboxylic acids is 1. The van der Waals surface area contributed by atoms with Crippen molar-refractivity contribution in [1.29, 1.82) is 0 Å². The van der Waals surface area contributed by atoms with Gasteiger partial charge in [-0.2, -0.15) is 0 Å². The van der Waals surface area contributed by atoms with Crippen LogP contribution in [0.15, 0.2) is 17.1 Å². The molecular weight excluding hydrogens is 284 g/mol. The largest absolute Gasteiger partial charge is 0.346 e. The number of aliphatic imine (C=N–C) groups is 1. The Hall–Kier alpha value is -1.64. The molecule has 1 aromatic rings. The van der Waals surface area contributed by atoms with Crippen molar-refractivity contribution in [3.8, 4) is 0 Å². The molecule has 3 rings (SSSR count). The van der Waals surface area contributed by atoms with Gasteiger partial charge in [-0.1, -0.05) is 25.3 Å². The summed E-state index contributed by atoms with van der Waals surface area (Å²) >= 11 is 0. The maximum atomic E-state index is 13.0. The predicted octanol–water partition coefficient (Wildman–Crippen LogP) is 4.51. The summed E-state index contributed by atoms with van der Waals surface area (Å²) in [5.74, 6) is 0.00709. The number of aryl methyl sites for hydroxylation is 2. The summed E-state index contributed by atoms with van der Waals surface area (Å²) in [7, 11) is 0. The van der Waals surface area contributed by atoms with Gasteiger partial charge in [0.2, 0.25) is 0 Å². The first-order valence-corrected chi connectivity index (χ1v) is 8.76. The Bertz CT molecular complexity index is 674. The molecule has 124 valence electrons. The molecule has 1 aliphatic carbocycles. The molecule has 0 unspecified atom stereocenters. The molecule has 2 aliphatic rings. The lowest BCUT2D eigenvalue weighted by molar-refractivity contribution is -0.116. The fourth-order valence-electron chi connectivity index (χ4n) is 4.31. The lowest BCUT2D eigenvalue weighted by Gasteiger charge is -2.37. The first-order valence-electron chi connectivity index (χ1n) is 8.76. The van der Waals surface area contributed by atoms with E-state index in [1.165, 1.54) is 36.0 Å². The Morgan fingerprint density at radius 3 is 2.39 bits per heavy atom. The van der Waals surface area contributed by atoms with E-state index in [4.69, 9.17) is 4.99 Å². The summed E-state index contributed by atoms with van der Waals surface area (Å²) in [6, 6.07) is 4.37. The molecule has 3 heteroatoms. The minimum absolute atomic E-state index is 0.00709. The highest BCUT2D eigenvalue weighted by Gasteiger charge is 2.48. The van der Waals surface area contributed by atoms with Crippen molar-refractivity contribution in [3.05, 3.63) is 28.8 Å². The molecular formula is C20H28N2O. The average molecular weight is 312 g/mol. The van der Waals surface area contributed by atoms with E-state index in [1.807, 2.05) is 20.8 Å². The summed E-state index contributed by atoms with van der Waals surface area (Å²) in [5.41, 5.74) is 5.16. The third kappa shape index (κ3) is 2.82. The van der Waals surface area contributed by atoms with E-state index < -0.39 is 0 Å². The van der Waals surface area contributed by atoms with Gasteiger partial charge < -0.3 is 5.32 Å². The molecule has 1 amide bonds. The van der Waals surface area contributed by atoms with Crippen LogP contribution in [0.3, 0.4) is 0 Å². The Morgan fingerprint density at radius 2 is 1.78 bits per heavy atom. The van der Waals surface area contributed by atoms with Gasteiger partial charge in [-0.05, 0) is 70.2 Å². The third-order valence-corrected chi connectivity index (χ3v) is 5.03. The SMILES string of the molecule is Cc1cc(C)c2c(c1)N=C(C(=O)NC(C)(C)C)C21CCCCC1. The van der Waals surface area contributed by atoms with Crippen LogP contribution in [0, 0.1) is 13.8 Å². The zero-order chi connectivity index (χ0) is 16.8. The molecule has 0 radical (unpaired) electrons. The second-order valence-electron chi connectivity index (χ2n) is 8.28. The molecule has 3 nitrogen and oxygen atoms in total. The van der Waals surface area contributed by atoms with Crippen LogP contribution in [-0.2, 0) is 10.2 Å². The van der Waals surface area contributed by atoms with Crippen LogP contribution in [0.4, 0.5) is 5.69 Å². The predicted molar refractivity (Wildman–Crippen MR) is 95.7 cm³/mol. The number of hydrogen-bond donors (Lipinski definition) is 1. The molecule has 0 saturated heterocycles. The lowest BCUT2D eigenvalue weighted by atomic mass is 9.66. The van der Waals surface area contributed by atoms with E-state index >= 15 is 0 Å². The van der Waals surface area contributed by atoms with Crippen molar-refractivity contribution >= 4 is 17.3 Å². The van der Waals surface area contributed by atoms with Gasteiger partial charge in [0.1, 0.15) is 5.71 Å². The molecule has 1 saturated carbocycles. The van der Waals surface area contributed by atoms with Crippen molar-refractivity contribution < 1.29 is 4.79 Å². The number of fused-ring (bicyclic) bond motifs is 2. The molecule has 1 N–H and O–H groups in total. The summed E-state index contributed by atoms with van der Waals surface area (Å²) in [4.78, 5) is 17.8. The van der Waals surface area contributed by atoms with Crippen LogP contribution >= 0.6 is 0 Å². The Kier molecular flexibility index (Phi) is 3.86. The normalized spacial score (nSPS) is 19.4. The number of amides is 1. The van der Waals surface area contributed by atoms with E-state index in [2.05, 4.69) is 31.3 Å². The molecule has 0 aromatic heterocycles. The van der Waals surface area contributed by atoms with Crippen molar-refractivity contribution in [2.24, 2.45) is 4.99 Å². The minimum Gasteiger partial charge on any atom is -0.346 e. The highest BCUT2D eigenvalue weighted by Crippen LogP contribution is 2.50. The molecule has 1 aliphatic heterocycles. The molecule has 23 heavy (non-hydrogen) atoms. The van der Waals surface area contributed by atoms with Crippen molar-refractivity contribution in [1.82, 2.24) is 5.32 Å². The number of nitrogens with zero attached hydrogens (tertiary/aromatic N) is 1. The van der Waals surface area contributed by atoms with Crippen LogP contribution in [0.25, 0.3) is 0 Å². The summed E-state index contributed by atoms with van der Waals surface area (Å²) in [5, 5.41) is 3.13. The Morgan fingerprint density at radius 1 is 1.13 bits per heavy atom. The summed E-state index contributed by atoms with van der Waals surface area (Å²) in [6.07, 6.45) is 5.69. The number of rotatable bonds is 1. The third-order valence-electron chi connectivity index (χ3n) is 5.03. The van der Waals surface area contributed by atoms with Crippen LogP contribution in [0.2, 0.25) is 0 Å². The van der Waals surface area contributed by atoms with Gasteiger partial charge in [0.25, 0.3) is 5.91 Å². The van der Waals surface area contributed by atoms with E-state index in [0.29, 0.717) is 0 Å². The molecule has 1 heterocycles. The first kappa shape index (κ1) is 16.2.